The Balaban J connectivity index is 1.90. The molecule has 1 saturated carbocycles. The quantitative estimate of drug-likeness (QED) is 0.848. The van der Waals surface area contributed by atoms with E-state index in [2.05, 4.69) is 31.0 Å². The Morgan fingerprint density at radius 1 is 1.05 bits per heavy atom. The van der Waals surface area contributed by atoms with Crippen LogP contribution in [0.4, 0.5) is 0 Å². The predicted octanol–water partition coefficient (Wildman–Crippen LogP) is 2.66. The molecule has 0 radical (unpaired) electrons. The molecule has 3 nitrogen and oxygen atoms in total. The summed E-state index contributed by atoms with van der Waals surface area (Å²) in [5, 5.41) is 3.75. The summed E-state index contributed by atoms with van der Waals surface area (Å²) in [5.74, 6) is 0. The molecule has 1 saturated heterocycles. The van der Waals surface area contributed by atoms with Crippen molar-refractivity contribution in [1.82, 2.24) is 10.2 Å². The molecule has 2 aliphatic rings. The molecule has 0 unspecified atom stereocenters. The second-order valence-electron chi connectivity index (χ2n) is 7.55. The predicted molar refractivity (Wildman–Crippen MR) is 80.5 cm³/mol. The van der Waals surface area contributed by atoms with Crippen molar-refractivity contribution in [1.29, 1.82) is 0 Å². The molecule has 112 valence electrons. The van der Waals surface area contributed by atoms with E-state index in [1.54, 1.807) is 0 Å². The first kappa shape index (κ1) is 15.3. The summed E-state index contributed by atoms with van der Waals surface area (Å²) in [6.07, 6.45) is 6.82. The van der Waals surface area contributed by atoms with Gasteiger partial charge in [0.05, 0.1) is 6.61 Å². The maximum atomic E-state index is 5.58. The zero-order valence-electron chi connectivity index (χ0n) is 13.1. The lowest BCUT2D eigenvalue weighted by atomic mass is 9.84. The highest BCUT2D eigenvalue weighted by Gasteiger charge is 2.36. The first-order valence-corrected chi connectivity index (χ1v) is 8.04. The Hall–Kier alpha value is -0.120. The van der Waals surface area contributed by atoms with Gasteiger partial charge in [0, 0.05) is 38.3 Å². The normalized spacial score (nSPS) is 25.4. The van der Waals surface area contributed by atoms with Crippen LogP contribution in [0.1, 0.15) is 52.9 Å². The van der Waals surface area contributed by atoms with Gasteiger partial charge in [0.25, 0.3) is 0 Å². The second-order valence-corrected chi connectivity index (χ2v) is 7.55. The van der Waals surface area contributed by atoms with Crippen molar-refractivity contribution in [2.24, 2.45) is 5.41 Å². The molecular formula is C16H32N2O. The number of rotatable bonds is 4. The van der Waals surface area contributed by atoms with Gasteiger partial charge < -0.3 is 15.0 Å². The fraction of sp³-hybridized carbons (Fsp3) is 1.00. The lowest BCUT2D eigenvalue weighted by molar-refractivity contribution is 0.118. The van der Waals surface area contributed by atoms with Crippen molar-refractivity contribution < 1.29 is 4.74 Å². The fourth-order valence-electron chi connectivity index (χ4n) is 3.40. The van der Waals surface area contributed by atoms with Crippen molar-refractivity contribution in [2.45, 2.75) is 58.4 Å². The van der Waals surface area contributed by atoms with Crippen LogP contribution in [0.5, 0.6) is 0 Å². The van der Waals surface area contributed by atoms with E-state index in [9.17, 15) is 0 Å². The maximum absolute atomic E-state index is 5.58. The van der Waals surface area contributed by atoms with Crippen LogP contribution in [-0.4, -0.2) is 49.8 Å². The smallest absolute Gasteiger partial charge is 0.0593 e. The highest BCUT2D eigenvalue weighted by molar-refractivity contribution is 4.91. The van der Waals surface area contributed by atoms with Crippen LogP contribution in [0.25, 0.3) is 0 Å². The molecule has 2 rings (SSSR count). The van der Waals surface area contributed by atoms with Crippen LogP contribution in [0.15, 0.2) is 0 Å². The van der Waals surface area contributed by atoms with Crippen molar-refractivity contribution in [3.63, 3.8) is 0 Å². The zero-order chi connectivity index (χ0) is 13.8. The molecule has 0 amide bonds. The third-order valence-electron chi connectivity index (χ3n) is 4.53. The molecule has 0 spiro atoms. The van der Waals surface area contributed by atoms with Crippen molar-refractivity contribution in [3.05, 3.63) is 0 Å². The number of nitrogens with one attached hydrogen (secondary N) is 1. The van der Waals surface area contributed by atoms with Crippen LogP contribution in [0.2, 0.25) is 0 Å². The van der Waals surface area contributed by atoms with Crippen LogP contribution in [0.3, 0.4) is 0 Å². The van der Waals surface area contributed by atoms with Gasteiger partial charge in [-0.25, -0.2) is 0 Å². The van der Waals surface area contributed by atoms with Gasteiger partial charge in [-0.2, -0.15) is 0 Å². The number of hydrogen-bond acceptors (Lipinski definition) is 3. The average Bonchev–Trinajstić information content (AvgIpc) is 2.64. The molecule has 19 heavy (non-hydrogen) atoms. The van der Waals surface area contributed by atoms with Gasteiger partial charge in [0.15, 0.2) is 0 Å². The van der Waals surface area contributed by atoms with E-state index in [1.165, 1.54) is 51.7 Å². The molecule has 1 N–H and O–H groups in total. The Kier molecular flexibility index (Phi) is 5.27. The summed E-state index contributed by atoms with van der Waals surface area (Å²) >= 11 is 0. The minimum absolute atomic E-state index is 0.234. The lowest BCUT2D eigenvalue weighted by Gasteiger charge is -2.37. The topological polar surface area (TPSA) is 24.5 Å². The van der Waals surface area contributed by atoms with Gasteiger partial charge in [-0.1, -0.05) is 12.8 Å². The molecule has 3 heteroatoms. The average molecular weight is 268 g/mol. The molecule has 0 aromatic rings. The van der Waals surface area contributed by atoms with E-state index < -0.39 is 0 Å². The third-order valence-corrected chi connectivity index (χ3v) is 4.53. The first-order valence-electron chi connectivity index (χ1n) is 8.04. The van der Waals surface area contributed by atoms with Crippen molar-refractivity contribution >= 4 is 0 Å². The number of nitrogens with zero attached hydrogens (tertiary/aromatic N) is 1. The first-order chi connectivity index (χ1) is 8.99. The molecule has 0 aromatic heterocycles. The Labute approximate surface area is 119 Å². The van der Waals surface area contributed by atoms with Gasteiger partial charge in [-0.3, -0.25) is 0 Å². The molecule has 2 fully saturated rings. The largest absolute Gasteiger partial charge is 0.380 e. The third kappa shape index (κ3) is 5.05. The van der Waals surface area contributed by atoms with E-state index >= 15 is 0 Å². The molecule has 1 heterocycles. The summed E-state index contributed by atoms with van der Waals surface area (Å²) in [6.45, 7) is 13.5. The van der Waals surface area contributed by atoms with Crippen molar-refractivity contribution in [2.75, 3.05) is 39.4 Å². The summed E-state index contributed by atoms with van der Waals surface area (Å²) in [5.41, 5.74) is 0.745. The van der Waals surface area contributed by atoms with E-state index in [-0.39, 0.29) is 5.54 Å². The summed E-state index contributed by atoms with van der Waals surface area (Å²) in [7, 11) is 0. The highest BCUT2D eigenvalue weighted by atomic mass is 16.5. The Morgan fingerprint density at radius 3 is 2.47 bits per heavy atom. The molecule has 1 aliphatic carbocycles. The van der Waals surface area contributed by atoms with Crippen LogP contribution >= 0.6 is 0 Å². The molecule has 0 aromatic carbocycles. The van der Waals surface area contributed by atoms with Gasteiger partial charge in [-0.05, 0) is 45.4 Å². The van der Waals surface area contributed by atoms with E-state index in [0.717, 1.165) is 19.8 Å². The van der Waals surface area contributed by atoms with E-state index in [0.29, 0.717) is 5.41 Å². The van der Waals surface area contributed by atoms with Crippen LogP contribution in [-0.2, 0) is 4.74 Å². The standard InChI is InChI=1S/C16H32N2O/c1-15(2,3)17-13-16(7-4-5-8-16)14-18-9-6-11-19-12-10-18/h17H,4-14H2,1-3H3. The zero-order valence-corrected chi connectivity index (χ0v) is 13.1. The van der Waals surface area contributed by atoms with Gasteiger partial charge in [-0.15, -0.1) is 0 Å². The van der Waals surface area contributed by atoms with E-state index in [4.69, 9.17) is 4.74 Å². The van der Waals surface area contributed by atoms with Crippen molar-refractivity contribution in [3.8, 4) is 0 Å². The minimum atomic E-state index is 0.234. The molecule has 0 atom stereocenters. The van der Waals surface area contributed by atoms with E-state index in [1.807, 2.05) is 0 Å². The fourth-order valence-corrected chi connectivity index (χ4v) is 3.40. The molecule has 1 aliphatic heterocycles. The van der Waals surface area contributed by atoms with Gasteiger partial charge >= 0.3 is 0 Å². The Morgan fingerprint density at radius 2 is 1.79 bits per heavy atom. The number of hydrogen-bond donors (Lipinski definition) is 1. The minimum Gasteiger partial charge on any atom is -0.380 e. The Bertz CT molecular complexity index is 258. The van der Waals surface area contributed by atoms with Crippen LogP contribution < -0.4 is 5.32 Å². The second kappa shape index (κ2) is 6.55. The van der Waals surface area contributed by atoms with Gasteiger partial charge in [0.2, 0.25) is 0 Å². The maximum Gasteiger partial charge on any atom is 0.0593 e. The molecular weight excluding hydrogens is 236 g/mol. The SMILES string of the molecule is CC(C)(C)NCC1(CN2CCCOCC2)CCCC1. The monoisotopic (exact) mass is 268 g/mol. The van der Waals surface area contributed by atoms with Gasteiger partial charge in [0.1, 0.15) is 0 Å². The van der Waals surface area contributed by atoms with Crippen LogP contribution in [0, 0.1) is 5.41 Å². The summed E-state index contributed by atoms with van der Waals surface area (Å²) < 4.78 is 5.58. The molecule has 0 bridgehead atoms. The highest BCUT2D eigenvalue weighted by Crippen LogP contribution is 2.38. The number of ether oxygens (including phenoxy) is 1. The summed E-state index contributed by atoms with van der Waals surface area (Å²) in [4.78, 5) is 2.64. The summed E-state index contributed by atoms with van der Waals surface area (Å²) in [6, 6.07) is 0. The lowest BCUT2D eigenvalue weighted by Crippen LogP contribution is -2.48.